The van der Waals surface area contributed by atoms with E-state index >= 15 is 0 Å². The molecule has 180 valence electrons. The number of hydrogen-bond acceptors (Lipinski definition) is 5. The molecule has 1 saturated heterocycles. The minimum atomic E-state index is -0.728. The Hall–Kier alpha value is -3.77. The van der Waals surface area contributed by atoms with Crippen molar-refractivity contribution >= 4 is 29.1 Å². The number of aliphatic hydroxyl groups excluding tert-OH is 1. The van der Waals surface area contributed by atoms with Crippen LogP contribution >= 0.6 is 11.6 Å². The first-order valence-electron chi connectivity index (χ1n) is 11.2. The van der Waals surface area contributed by atoms with E-state index in [0.717, 1.165) is 16.7 Å². The van der Waals surface area contributed by atoms with Gasteiger partial charge in [-0.2, -0.15) is 0 Å². The van der Waals surface area contributed by atoms with Gasteiger partial charge in [-0.1, -0.05) is 59.6 Å². The van der Waals surface area contributed by atoms with Crippen molar-refractivity contribution in [1.29, 1.82) is 0 Å². The molecule has 1 heterocycles. The lowest BCUT2D eigenvalue weighted by molar-refractivity contribution is -0.139. The van der Waals surface area contributed by atoms with Crippen LogP contribution in [0.1, 0.15) is 28.3 Å². The summed E-state index contributed by atoms with van der Waals surface area (Å²) in [5, 5.41) is 11.6. The molecule has 1 N–H and O–H groups in total. The summed E-state index contributed by atoms with van der Waals surface area (Å²) in [4.78, 5) is 27.9. The van der Waals surface area contributed by atoms with Crippen molar-refractivity contribution in [3.63, 3.8) is 0 Å². The molecule has 1 amide bonds. The van der Waals surface area contributed by atoms with Crippen molar-refractivity contribution in [2.45, 2.75) is 19.4 Å². The molecular weight excluding hydrogens is 466 g/mol. The molecule has 1 aliphatic heterocycles. The topological polar surface area (TPSA) is 76.1 Å². The van der Waals surface area contributed by atoms with Gasteiger partial charge in [0.05, 0.1) is 25.8 Å². The number of rotatable bonds is 7. The molecule has 0 aromatic heterocycles. The fourth-order valence-corrected chi connectivity index (χ4v) is 4.56. The Balaban J connectivity index is 1.75. The second kappa shape index (κ2) is 10.2. The van der Waals surface area contributed by atoms with Gasteiger partial charge in [-0.25, -0.2) is 0 Å². The number of nitrogens with zero attached hydrogens (tertiary/aromatic N) is 1. The number of ketones is 1. The molecule has 6 nitrogen and oxygen atoms in total. The highest BCUT2D eigenvalue weighted by Gasteiger charge is 2.45. The van der Waals surface area contributed by atoms with Gasteiger partial charge in [-0.15, -0.1) is 0 Å². The third-order valence-corrected chi connectivity index (χ3v) is 6.32. The number of amides is 1. The second-order valence-electron chi connectivity index (χ2n) is 8.36. The Morgan fingerprint density at radius 3 is 2.40 bits per heavy atom. The number of Topliss-reactive ketones (excluding diaryl/α,β-unsaturated/α-hetero) is 1. The van der Waals surface area contributed by atoms with Crippen LogP contribution in [-0.2, 0) is 16.0 Å². The molecule has 4 rings (SSSR count). The summed E-state index contributed by atoms with van der Waals surface area (Å²) in [6, 6.07) is 19.0. The van der Waals surface area contributed by atoms with Crippen molar-refractivity contribution in [2.24, 2.45) is 0 Å². The Morgan fingerprint density at radius 1 is 0.971 bits per heavy atom. The first kappa shape index (κ1) is 24.4. The number of benzene rings is 3. The molecule has 1 atom stereocenters. The quantitative estimate of drug-likeness (QED) is 0.274. The maximum Gasteiger partial charge on any atom is 0.295 e. The minimum absolute atomic E-state index is 0.0511. The summed E-state index contributed by atoms with van der Waals surface area (Å²) in [7, 11) is 3.13. The van der Waals surface area contributed by atoms with Gasteiger partial charge in [-0.05, 0) is 48.7 Å². The average Bonchev–Trinajstić information content (AvgIpc) is 3.11. The minimum Gasteiger partial charge on any atom is -0.507 e. The average molecular weight is 492 g/mol. The van der Waals surface area contributed by atoms with Gasteiger partial charge in [0.15, 0.2) is 11.5 Å². The fraction of sp³-hybridized carbons (Fsp3) is 0.214. The molecule has 3 aromatic rings. The van der Waals surface area contributed by atoms with Gasteiger partial charge in [0.1, 0.15) is 5.76 Å². The van der Waals surface area contributed by atoms with E-state index in [4.69, 9.17) is 21.1 Å². The molecule has 1 unspecified atom stereocenters. The third-order valence-electron chi connectivity index (χ3n) is 6.09. The van der Waals surface area contributed by atoms with Crippen LogP contribution in [0.4, 0.5) is 0 Å². The highest BCUT2D eigenvalue weighted by atomic mass is 35.5. The lowest BCUT2D eigenvalue weighted by Gasteiger charge is -2.26. The zero-order valence-electron chi connectivity index (χ0n) is 19.7. The van der Waals surface area contributed by atoms with Crippen LogP contribution in [0.25, 0.3) is 5.76 Å². The molecule has 35 heavy (non-hydrogen) atoms. The van der Waals surface area contributed by atoms with Gasteiger partial charge in [0.2, 0.25) is 0 Å². The zero-order chi connectivity index (χ0) is 25.1. The van der Waals surface area contributed by atoms with Crippen molar-refractivity contribution in [3.8, 4) is 11.5 Å². The maximum atomic E-state index is 13.2. The summed E-state index contributed by atoms with van der Waals surface area (Å²) in [5.41, 5.74) is 3.08. The lowest BCUT2D eigenvalue weighted by atomic mass is 9.94. The predicted molar refractivity (Wildman–Crippen MR) is 135 cm³/mol. The van der Waals surface area contributed by atoms with Crippen LogP contribution in [-0.4, -0.2) is 42.5 Å². The zero-order valence-corrected chi connectivity index (χ0v) is 20.5. The van der Waals surface area contributed by atoms with Gasteiger partial charge >= 0.3 is 0 Å². The predicted octanol–water partition coefficient (Wildman–Crippen LogP) is 5.33. The Morgan fingerprint density at radius 2 is 1.71 bits per heavy atom. The number of likely N-dealkylation sites (tertiary alicyclic amines) is 1. The van der Waals surface area contributed by atoms with Crippen LogP contribution in [0.3, 0.4) is 0 Å². The molecule has 0 aliphatic carbocycles. The van der Waals surface area contributed by atoms with Gasteiger partial charge in [0.25, 0.3) is 11.7 Å². The Bertz CT molecular complexity index is 1320. The largest absolute Gasteiger partial charge is 0.507 e. The molecule has 0 saturated carbocycles. The summed E-state index contributed by atoms with van der Waals surface area (Å²) >= 11 is 6.11. The number of carbonyl (C=O) groups excluding carboxylic acids is 2. The number of methoxy groups -OCH3 is 2. The molecule has 1 fully saturated rings. The highest BCUT2D eigenvalue weighted by Crippen LogP contribution is 2.40. The summed E-state index contributed by atoms with van der Waals surface area (Å²) < 4.78 is 10.7. The van der Waals surface area contributed by atoms with Crippen LogP contribution in [0, 0.1) is 6.92 Å². The van der Waals surface area contributed by atoms with Crippen molar-refractivity contribution in [2.75, 3.05) is 20.8 Å². The SMILES string of the molecule is COc1ccc(CCN2C(=O)C(=O)/C(=C(/O)c3cccc(Cl)c3)C2c2cccc(C)c2)cc1OC. The van der Waals surface area contributed by atoms with Gasteiger partial charge < -0.3 is 19.5 Å². The summed E-state index contributed by atoms with van der Waals surface area (Å²) in [5.74, 6) is -0.422. The standard InChI is InChI=1S/C28H26ClNO5/c1-17-6-4-7-19(14-17)25-24(26(31)20-8-5-9-21(29)16-20)27(32)28(33)30(25)13-12-18-10-11-22(34-2)23(15-18)35-3/h4-11,14-16,25,31H,12-13H2,1-3H3/b26-24+. The van der Waals surface area contributed by atoms with E-state index in [9.17, 15) is 14.7 Å². The van der Waals surface area contributed by atoms with E-state index in [1.807, 2.05) is 43.3 Å². The van der Waals surface area contributed by atoms with Crippen molar-refractivity contribution in [3.05, 3.63) is 99.6 Å². The van der Waals surface area contributed by atoms with E-state index in [0.29, 0.717) is 28.5 Å². The molecule has 0 spiro atoms. The maximum absolute atomic E-state index is 13.2. The van der Waals surface area contributed by atoms with Gasteiger partial charge in [0, 0.05) is 17.1 Å². The number of carbonyl (C=O) groups is 2. The first-order valence-corrected chi connectivity index (χ1v) is 11.5. The van der Waals surface area contributed by atoms with E-state index in [1.54, 1.807) is 44.6 Å². The van der Waals surface area contributed by atoms with Crippen molar-refractivity contribution < 1.29 is 24.2 Å². The summed E-state index contributed by atoms with van der Waals surface area (Å²) in [6.07, 6.45) is 0.479. The fourth-order valence-electron chi connectivity index (χ4n) is 4.37. The molecule has 0 bridgehead atoms. The number of hydrogen-bond donors (Lipinski definition) is 1. The van der Waals surface area contributed by atoms with E-state index in [-0.39, 0.29) is 17.9 Å². The van der Waals surface area contributed by atoms with E-state index in [2.05, 4.69) is 0 Å². The van der Waals surface area contributed by atoms with Crippen LogP contribution in [0.15, 0.2) is 72.3 Å². The number of aliphatic hydroxyl groups is 1. The molecule has 1 aliphatic rings. The number of ether oxygens (including phenoxy) is 2. The summed E-state index contributed by atoms with van der Waals surface area (Å²) in [6.45, 7) is 2.21. The molecule has 3 aromatic carbocycles. The first-order chi connectivity index (χ1) is 16.8. The monoisotopic (exact) mass is 491 g/mol. The van der Waals surface area contributed by atoms with Crippen molar-refractivity contribution in [1.82, 2.24) is 4.90 Å². The molecule has 7 heteroatoms. The molecule has 0 radical (unpaired) electrons. The van der Waals surface area contributed by atoms with Crippen LogP contribution < -0.4 is 9.47 Å². The number of halogens is 1. The van der Waals surface area contributed by atoms with Gasteiger partial charge in [-0.3, -0.25) is 9.59 Å². The Kier molecular flexibility index (Phi) is 7.12. The van der Waals surface area contributed by atoms with E-state index in [1.165, 1.54) is 4.90 Å². The normalized spacial score (nSPS) is 17.0. The van der Waals surface area contributed by atoms with Crippen LogP contribution in [0.5, 0.6) is 11.5 Å². The highest BCUT2D eigenvalue weighted by molar-refractivity contribution is 6.46. The van der Waals surface area contributed by atoms with Crippen LogP contribution in [0.2, 0.25) is 5.02 Å². The van der Waals surface area contributed by atoms with E-state index < -0.39 is 17.7 Å². The lowest BCUT2D eigenvalue weighted by Crippen LogP contribution is -2.31. The smallest absolute Gasteiger partial charge is 0.295 e. The molecular formula is C28H26ClNO5. The Labute approximate surface area is 209 Å². The second-order valence-corrected chi connectivity index (χ2v) is 8.79. The number of aryl methyl sites for hydroxylation is 1. The third kappa shape index (κ3) is 4.88.